The number of rotatable bonds is 4. The van der Waals surface area contributed by atoms with Gasteiger partial charge in [0.05, 0.1) is 17.1 Å². The van der Waals surface area contributed by atoms with Gasteiger partial charge < -0.3 is 10.2 Å². The van der Waals surface area contributed by atoms with Crippen LogP contribution < -0.4 is 10.5 Å². The molecule has 1 aromatic heterocycles. The van der Waals surface area contributed by atoms with E-state index >= 15 is 0 Å². The molecular formula is C16H18N4O4S. The zero-order chi connectivity index (χ0) is 18.6. The van der Waals surface area contributed by atoms with E-state index in [9.17, 15) is 18.0 Å². The van der Waals surface area contributed by atoms with E-state index in [1.807, 2.05) is 13.0 Å². The van der Waals surface area contributed by atoms with Crippen LogP contribution in [0.1, 0.15) is 11.3 Å². The first-order valence-corrected chi connectivity index (χ1v) is 8.82. The molecule has 0 aliphatic heterocycles. The maximum Gasteiger partial charge on any atom is 0.313 e. The molecule has 0 unspecified atom stereocenters. The van der Waals surface area contributed by atoms with Crippen molar-refractivity contribution in [3.05, 3.63) is 53.9 Å². The zero-order valence-electron chi connectivity index (χ0n) is 13.8. The molecule has 9 heteroatoms. The predicted octanol–water partition coefficient (Wildman–Crippen LogP) is 0.635. The van der Waals surface area contributed by atoms with Gasteiger partial charge >= 0.3 is 11.8 Å². The number of benzene rings is 1. The maximum absolute atomic E-state index is 12.1. The smallest absolute Gasteiger partial charge is 0.313 e. The van der Waals surface area contributed by atoms with Crippen molar-refractivity contribution in [1.29, 1.82) is 0 Å². The second-order valence-corrected chi connectivity index (χ2v) is 7.07. The maximum atomic E-state index is 12.1. The summed E-state index contributed by atoms with van der Waals surface area (Å²) in [5.74, 6) is -1.57. The second kappa shape index (κ2) is 7.41. The normalized spacial score (nSPS) is 11.0. The van der Waals surface area contributed by atoms with Crippen LogP contribution in [0.4, 0.5) is 5.69 Å². The number of aryl methyl sites for hydroxylation is 1. The molecule has 0 fully saturated rings. The van der Waals surface area contributed by atoms with Gasteiger partial charge in [0, 0.05) is 18.9 Å². The topological polar surface area (TPSA) is 122 Å². The van der Waals surface area contributed by atoms with E-state index in [0.717, 1.165) is 5.56 Å². The van der Waals surface area contributed by atoms with Gasteiger partial charge in [-0.15, -0.1) is 0 Å². The first kappa shape index (κ1) is 18.6. The average Bonchev–Trinajstić information content (AvgIpc) is 2.55. The molecule has 25 heavy (non-hydrogen) atoms. The molecule has 0 bridgehead atoms. The third-order valence-corrected chi connectivity index (χ3v) is 4.28. The molecule has 8 nitrogen and oxygen atoms in total. The van der Waals surface area contributed by atoms with Gasteiger partial charge in [0.1, 0.15) is 0 Å². The molecule has 0 aliphatic rings. The SMILES string of the molecule is Cc1ccc(CN(C)C(=O)C(=O)Nc2ccc(S(N)(=O)=O)cc2)nc1. The van der Waals surface area contributed by atoms with Gasteiger partial charge in [0.2, 0.25) is 10.0 Å². The quantitative estimate of drug-likeness (QED) is 0.773. The lowest BCUT2D eigenvalue weighted by molar-refractivity contribution is -0.142. The molecule has 3 N–H and O–H groups in total. The zero-order valence-corrected chi connectivity index (χ0v) is 14.6. The molecule has 0 aliphatic carbocycles. The van der Waals surface area contributed by atoms with Gasteiger partial charge in [-0.25, -0.2) is 13.6 Å². The monoisotopic (exact) mass is 362 g/mol. The average molecular weight is 362 g/mol. The number of likely N-dealkylation sites (N-methyl/N-ethyl adjacent to an activating group) is 1. The Morgan fingerprint density at radius 1 is 1.16 bits per heavy atom. The molecule has 132 valence electrons. The second-order valence-electron chi connectivity index (χ2n) is 5.51. The highest BCUT2D eigenvalue weighted by Gasteiger charge is 2.19. The Morgan fingerprint density at radius 3 is 2.32 bits per heavy atom. The number of sulfonamides is 1. The van der Waals surface area contributed by atoms with Crippen LogP contribution in [0.5, 0.6) is 0 Å². The highest BCUT2D eigenvalue weighted by molar-refractivity contribution is 7.89. The van der Waals surface area contributed by atoms with Crippen LogP contribution in [0.2, 0.25) is 0 Å². The van der Waals surface area contributed by atoms with Crippen molar-refractivity contribution in [2.24, 2.45) is 5.14 Å². The molecule has 1 aromatic carbocycles. The minimum atomic E-state index is -3.81. The fraction of sp³-hybridized carbons (Fsp3) is 0.188. The number of amides is 2. The van der Waals surface area contributed by atoms with Gasteiger partial charge in [0.15, 0.2) is 0 Å². The minimum Gasteiger partial charge on any atom is -0.332 e. The Hall–Kier alpha value is -2.78. The number of nitrogens with zero attached hydrogens (tertiary/aromatic N) is 2. The highest BCUT2D eigenvalue weighted by Crippen LogP contribution is 2.13. The molecule has 0 saturated carbocycles. The van der Waals surface area contributed by atoms with Gasteiger partial charge in [-0.05, 0) is 42.8 Å². The van der Waals surface area contributed by atoms with E-state index < -0.39 is 21.8 Å². The van der Waals surface area contributed by atoms with Crippen molar-refractivity contribution in [2.75, 3.05) is 12.4 Å². The molecule has 2 amide bonds. The van der Waals surface area contributed by atoms with Crippen LogP contribution in [0.25, 0.3) is 0 Å². The number of hydrogen-bond acceptors (Lipinski definition) is 5. The van der Waals surface area contributed by atoms with Crippen LogP contribution in [-0.2, 0) is 26.2 Å². The molecular weight excluding hydrogens is 344 g/mol. The van der Waals surface area contributed by atoms with Crippen molar-refractivity contribution >= 4 is 27.5 Å². The number of carbonyl (C=O) groups excluding carboxylic acids is 2. The minimum absolute atomic E-state index is 0.0839. The van der Waals surface area contributed by atoms with Gasteiger partial charge in [0.25, 0.3) is 0 Å². The van der Waals surface area contributed by atoms with Gasteiger partial charge in [-0.1, -0.05) is 6.07 Å². The Labute approximate surface area is 145 Å². The Morgan fingerprint density at radius 2 is 1.80 bits per heavy atom. The lowest BCUT2D eigenvalue weighted by Gasteiger charge is -2.16. The van der Waals surface area contributed by atoms with Crippen LogP contribution in [0.3, 0.4) is 0 Å². The predicted molar refractivity (Wildman–Crippen MR) is 91.9 cm³/mol. The lowest BCUT2D eigenvalue weighted by Crippen LogP contribution is -2.36. The van der Waals surface area contributed by atoms with Gasteiger partial charge in [-0.3, -0.25) is 14.6 Å². The van der Waals surface area contributed by atoms with Crippen molar-refractivity contribution < 1.29 is 18.0 Å². The molecule has 0 spiro atoms. The lowest BCUT2D eigenvalue weighted by atomic mass is 10.2. The summed E-state index contributed by atoms with van der Waals surface area (Å²) in [7, 11) is -2.32. The van der Waals surface area contributed by atoms with Crippen LogP contribution in [0.15, 0.2) is 47.5 Å². The largest absolute Gasteiger partial charge is 0.332 e. The summed E-state index contributed by atoms with van der Waals surface area (Å²) in [5, 5.41) is 7.41. The van der Waals surface area contributed by atoms with Crippen molar-refractivity contribution in [2.45, 2.75) is 18.4 Å². The number of hydrogen-bond donors (Lipinski definition) is 2. The van der Waals surface area contributed by atoms with E-state index in [4.69, 9.17) is 5.14 Å². The molecule has 2 rings (SSSR count). The van der Waals surface area contributed by atoms with Crippen LogP contribution in [-0.4, -0.2) is 37.2 Å². The number of nitrogens with one attached hydrogen (secondary N) is 1. The number of aromatic nitrogens is 1. The van der Waals surface area contributed by atoms with E-state index in [0.29, 0.717) is 5.69 Å². The van der Waals surface area contributed by atoms with E-state index in [1.165, 1.54) is 36.2 Å². The molecule has 0 radical (unpaired) electrons. The molecule has 2 aromatic rings. The van der Waals surface area contributed by atoms with E-state index in [-0.39, 0.29) is 17.1 Å². The first-order chi connectivity index (χ1) is 11.7. The summed E-state index contributed by atoms with van der Waals surface area (Å²) in [4.78, 5) is 29.5. The standard InChI is InChI=1S/C16H18N4O4S/c1-11-3-4-13(18-9-11)10-20(2)16(22)15(21)19-12-5-7-14(8-6-12)25(17,23)24/h3-9H,10H2,1-2H3,(H,19,21)(H2,17,23,24). The highest BCUT2D eigenvalue weighted by atomic mass is 32.2. The summed E-state index contributed by atoms with van der Waals surface area (Å²) in [6, 6.07) is 8.85. The van der Waals surface area contributed by atoms with Crippen molar-refractivity contribution in [3.8, 4) is 0 Å². The summed E-state index contributed by atoms with van der Waals surface area (Å²) in [6.07, 6.45) is 1.68. The first-order valence-electron chi connectivity index (χ1n) is 7.27. The number of pyridine rings is 1. The Balaban J connectivity index is 1.99. The Kier molecular flexibility index (Phi) is 5.50. The van der Waals surface area contributed by atoms with Crippen molar-refractivity contribution in [1.82, 2.24) is 9.88 Å². The van der Waals surface area contributed by atoms with Crippen molar-refractivity contribution in [3.63, 3.8) is 0 Å². The third kappa shape index (κ3) is 5.10. The molecule has 0 atom stereocenters. The number of nitrogens with two attached hydrogens (primary N) is 1. The van der Waals surface area contributed by atoms with E-state index in [2.05, 4.69) is 10.3 Å². The van der Waals surface area contributed by atoms with Gasteiger partial charge in [-0.2, -0.15) is 0 Å². The molecule has 0 saturated heterocycles. The summed E-state index contributed by atoms with van der Waals surface area (Å²) in [5.41, 5.74) is 1.94. The molecule has 1 heterocycles. The summed E-state index contributed by atoms with van der Waals surface area (Å²) < 4.78 is 22.4. The summed E-state index contributed by atoms with van der Waals surface area (Å²) in [6.45, 7) is 2.09. The van der Waals surface area contributed by atoms with Crippen LogP contribution in [0, 0.1) is 6.92 Å². The Bertz CT molecular complexity index is 877. The van der Waals surface area contributed by atoms with E-state index in [1.54, 1.807) is 12.3 Å². The van der Waals surface area contributed by atoms with Crippen LogP contribution >= 0.6 is 0 Å². The summed E-state index contributed by atoms with van der Waals surface area (Å²) >= 11 is 0. The fourth-order valence-corrected chi connectivity index (χ4v) is 2.51. The number of primary sulfonamides is 1. The number of anilines is 1. The third-order valence-electron chi connectivity index (χ3n) is 3.35. The fourth-order valence-electron chi connectivity index (χ4n) is 1.99. The number of carbonyl (C=O) groups is 2.